The summed E-state index contributed by atoms with van der Waals surface area (Å²) in [5, 5.41) is 26.4. The van der Waals surface area contributed by atoms with Gasteiger partial charge in [-0.25, -0.2) is 0 Å². The van der Waals surface area contributed by atoms with Crippen molar-refractivity contribution in [3.63, 3.8) is 0 Å². The second-order valence-electron chi connectivity index (χ2n) is 6.50. The molecule has 1 unspecified atom stereocenters. The van der Waals surface area contributed by atoms with Crippen molar-refractivity contribution in [1.82, 2.24) is 0 Å². The van der Waals surface area contributed by atoms with E-state index in [-0.39, 0.29) is 0 Å². The predicted octanol–water partition coefficient (Wildman–Crippen LogP) is 4.61. The number of hydrogen-bond donors (Lipinski definition) is 2. The fourth-order valence-electron chi connectivity index (χ4n) is 3.71. The van der Waals surface area contributed by atoms with Crippen molar-refractivity contribution in [1.29, 1.82) is 0 Å². The third-order valence-corrected chi connectivity index (χ3v) is 5.01. The summed E-state index contributed by atoms with van der Waals surface area (Å²) < 4.78 is 0. The van der Waals surface area contributed by atoms with Crippen molar-refractivity contribution in [3.05, 3.63) is 96.1 Å². The Morgan fingerprint density at radius 1 is 0.640 bits per heavy atom. The molecule has 0 aliphatic heterocycles. The van der Waals surface area contributed by atoms with Crippen molar-refractivity contribution in [3.8, 4) is 0 Å². The summed E-state index contributed by atoms with van der Waals surface area (Å²) >= 11 is 0. The molecule has 0 heterocycles. The lowest BCUT2D eigenvalue weighted by molar-refractivity contribution is -0.0373. The molecule has 0 spiro atoms. The summed E-state index contributed by atoms with van der Waals surface area (Å²) in [6.45, 7) is 1.64. The molecule has 0 aromatic heterocycles. The minimum Gasteiger partial charge on any atom is -0.390 e. The Hall–Kier alpha value is -2.68. The molecular formula is C23H20O2. The molecule has 0 radical (unpaired) electrons. The fraction of sp³-hybridized carbons (Fsp3) is 0.130. The Labute approximate surface area is 147 Å². The number of hydrogen-bond acceptors (Lipinski definition) is 2. The van der Waals surface area contributed by atoms with E-state index in [0.29, 0.717) is 0 Å². The van der Waals surface area contributed by atoms with Crippen LogP contribution in [0, 0.1) is 0 Å². The molecule has 0 aliphatic carbocycles. The van der Waals surface area contributed by atoms with Crippen LogP contribution in [0.25, 0.3) is 21.5 Å². The van der Waals surface area contributed by atoms with Crippen LogP contribution < -0.4 is 0 Å². The summed E-state index contributed by atoms with van der Waals surface area (Å²) in [6.07, 6.45) is -0.968. The van der Waals surface area contributed by atoms with Gasteiger partial charge in [0.05, 0.1) is 6.10 Å². The van der Waals surface area contributed by atoms with E-state index in [2.05, 4.69) is 0 Å². The average molecular weight is 328 g/mol. The van der Waals surface area contributed by atoms with Crippen LogP contribution in [0.5, 0.6) is 0 Å². The quantitative estimate of drug-likeness (QED) is 0.576. The third kappa shape index (κ3) is 2.42. The first-order chi connectivity index (χ1) is 12.1. The molecule has 25 heavy (non-hydrogen) atoms. The van der Waals surface area contributed by atoms with Gasteiger partial charge in [0.25, 0.3) is 0 Å². The van der Waals surface area contributed by atoms with Gasteiger partial charge in [-0.05, 0) is 39.6 Å². The Balaban J connectivity index is 2.09. The van der Waals surface area contributed by atoms with Gasteiger partial charge in [0, 0.05) is 0 Å². The predicted molar refractivity (Wildman–Crippen MR) is 103 cm³/mol. The average Bonchev–Trinajstić information content (AvgIpc) is 2.66. The molecule has 0 fully saturated rings. The van der Waals surface area contributed by atoms with Gasteiger partial charge in [-0.2, -0.15) is 0 Å². The monoisotopic (exact) mass is 328 g/mol. The highest BCUT2D eigenvalue weighted by atomic mass is 16.3. The molecule has 0 aliphatic rings. The molecule has 0 saturated carbocycles. The lowest BCUT2D eigenvalue weighted by Crippen LogP contribution is -2.39. The van der Waals surface area contributed by atoms with Crippen molar-refractivity contribution >= 4 is 21.5 Å². The Kier molecular flexibility index (Phi) is 3.79. The Morgan fingerprint density at radius 2 is 1.04 bits per heavy atom. The van der Waals surface area contributed by atoms with E-state index in [4.69, 9.17) is 0 Å². The van der Waals surface area contributed by atoms with Crippen molar-refractivity contribution in [2.24, 2.45) is 0 Å². The Bertz CT molecular complexity index is 960. The molecule has 2 nitrogen and oxygen atoms in total. The van der Waals surface area contributed by atoms with E-state index in [1.54, 1.807) is 6.92 Å². The molecule has 0 amide bonds. The molecule has 2 N–H and O–H groups in total. The van der Waals surface area contributed by atoms with Crippen LogP contribution in [-0.2, 0) is 5.60 Å². The van der Waals surface area contributed by atoms with Crippen LogP contribution >= 0.6 is 0 Å². The molecule has 1 atom stereocenters. The Morgan fingerprint density at radius 3 is 1.48 bits per heavy atom. The second-order valence-corrected chi connectivity index (χ2v) is 6.50. The highest BCUT2D eigenvalue weighted by Crippen LogP contribution is 2.40. The summed E-state index contributed by atoms with van der Waals surface area (Å²) in [5.41, 5.74) is -0.0595. The van der Waals surface area contributed by atoms with Gasteiger partial charge in [0.15, 0.2) is 0 Å². The maximum Gasteiger partial charge on any atom is 0.141 e. The molecule has 4 aromatic rings. The van der Waals surface area contributed by atoms with Gasteiger partial charge in [0.2, 0.25) is 0 Å². The van der Waals surface area contributed by atoms with Gasteiger partial charge in [-0.3, -0.25) is 0 Å². The zero-order valence-corrected chi connectivity index (χ0v) is 14.1. The number of aliphatic hydroxyl groups excluding tert-OH is 1. The zero-order valence-electron chi connectivity index (χ0n) is 14.1. The lowest BCUT2D eigenvalue weighted by atomic mass is 9.78. The van der Waals surface area contributed by atoms with Gasteiger partial charge in [0.1, 0.15) is 5.60 Å². The van der Waals surface area contributed by atoms with Gasteiger partial charge in [-0.1, -0.05) is 84.9 Å². The lowest BCUT2D eigenvalue weighted by Gasteiger charge is -2.34. The first-order valence-corrected chi connectivity index (χ1v) is 8.49. The van der Waals surface area contributed by atoms with Crippen LogP contribution in [0.4, 0.5) is 0 Å². The number of rotatable bonds is 3. The highest BCUT2D eigenvalue weighted by Gasteiger charge is 2.39. The standard InChI is InChI=1S/C23H20O2/c1-16(24)23(25,21-14-6-10-17-8-2-4-12-19(17)21)22-15-7-11-18-9-3-5-13-20(18)22/h2-16,24-25H,1H3. The molecule has 0 bridgehead atoms. The second kappa shape index (κ2) is 5.99. The van der Waals surface area contributed by atoms with Crippen LogP contribution in [0.1, 0.15) is 18.1 Å². The summed E-state index contributed by atoms with van der Waals surface area (Å²) in [7, 11) is 0. The van der Waals surface area contributed by atoms with Crippen molar-refractivity contribution in [2.45, 2.75) is 18.6 Å². The zero-order chi connectivity index (χ0) is 17.4. The van der Waals surface area contributed by atoms with Gasteiger partial charge >= 0.3 is 0 Å². The maximum atomic E-state index is 11.8. The fourth-order valence-corrected chi connectivity index (χ4v) is 3.71. The summed E-state index contributed by atoms with van der Waals surface area (Å²) in [5.74, 6) is 0. The molecular weight excluding hydrogens is 308 g/mol. The topological polar surface area (TPSA) is 40.5 Å². The van der Waals surface area contributed by atoms with Crippen LogP contribution in [-0.4, -0.2) is 16.3 Å². The van der Waals surface area contributed by atoms with E-state index in [0.717, 1.165) is 32.7 Å². The normalized spacial score (nSPS) is 13.2. The highest BCUT2D eigenvalue weighted by molar-refractivity contribution is 5.90. The maximum absolute atomic E-state index is 11.8. The van der Waals surface area contributed by atoms with Crippen LogP contribution in [0.2, 0.25) is 0 Å². The minimum atomic E-state index is -1.50. The molecule has 124 valence electrons. The molecule has 0 saturated heterocycles. The van der Waals surface area contributed by atoms with E-state index < -0.39 is 11.7 Å². The first-order valence-electron chi connectivity index (χ1n) is 8.49. The minimum absolute atomic E-state index is 0.719. The molecule has 4 rings (SSSR count). The van der Waals surface area contributed by atoms with Crippen LogP contribution in [0.3, 0.4) is 0 Å². The summed E-state index contributed by atoms with van der Waals surface area (Å²) in [4.78, 5) is 0. The largest absolute Gasteiger partial charge is 0.390 e. The van der Waals surface area contributed by atoms with E-state index in [1.165, 1.54) is 0 Å². The number of aliphatic hydroxyl groups is 2. The van der Waals surface area contributed by atoms with E-state index in [9.17, 15) is 10.2 Å². The molecule has 2 heteroatoms. The van der Waals surface area contributed by atoms with E-state index >= 15 is 0 Å². The van der Waals surface area contributed by atoms with Gasteiger partial charge in [-0.15, -0.1) is 0 Å². The SMILES string of the molecule is CC(O)C(O)(c1cccc2ccccc12)c1cccc2ccccc12. The smallest absolute Gasteiger partial charge is 0.141 e. The third-order valence-electron chi connectivity index (χ3n) is 5.01. The first kappa shape index (κ1) is 15.8. The van der Waals surface area contributed by atoms with Gasteiger partial charge < -0.3 is 10.2 Å². The van der Waals surface area contributed by atoms with Crippen LogP contribution in [0.15, 0.2) is 84.9 Å². The number of benzene rings is 4. The van der Waals surface area contributed by atoms with Crippen molar-refractivity contribution in [2.75, 3.05) is 0 Å². The van der Waals surface area contributed by atoms with E-state index in [1.807, 2.05) is 84.9 Å². The number of fused-ring (bicyclic) bond motifs is 2. The summed E-state index contributed by atoms with van der Waals surface area (Å²) in [6, 6.07) is 27.6. The van der Waals surface area contributed by atoms with Crippen molar-refractivity contribution < 1.29 is 10.2 Å². The molecule has 4 aromatic carbocycles.